The Morgan fingerprint density at radius 2 is 2.00 bits per heavy atom. The summed E-state index contributed by atoms with van der Waals surface area (Å²) in [6.07, 6.45) is 1.45. The van der Waals surface area contributed by atoms with Crippen molar-refractivity contribution < 1.29 is 14.6 Å². The van der Waals surface area contributed by atoms with Gasteiger partial charge in [-0.05, 0) is 49.7 Å². The lowest BCUT2D eigenvalue weighted by Crippen LogP contribution is -2.40. The van der Waals surface area contributed by atoms with Crippen LogP contribution in [0.1, 0.15) is 30.9 Å². The van der Waals surface area contributed by atoms with E-state index in [1.54, 1.807) is 0 Å². The van der Waals surface area contributed by atoms with Crippen molar-refractivity contribution in [2.24, 2.45) is 5.92 Å². The molecule has 1 spiro atoms. The van der Waals surface area contributed by atoms with Gasteiger partial charge in [0.25, 0.3) is 0 Å². The highest BCUT2D eigenvalue weighted by atomic mass is 16.5. The molecule has 0 aromatic heterocycles. The van der Waals surface area contributed by atoms with Gasteiger partial charge in [0.05, 0.1) is 6.10 Å². The van der Waals surface area contributed by atoms with Crippen LogP contribution in [-0.2, 0) is 12.0 Å². The minimum atomic E-state index is -0.303. The molecule has 4 nitrogen and oxygen atoms in total. The Balaban J connectivity index is 1.66. The van der Waals surface area contributed by atoms with Gasteiger partial charge in [0.15, 0.2) is 11.5 Å². The number of benzene rings is 2. The number of aliphatic hydroxyl groups excluding tert-OH is 1. The number of hydrogen-bond donors (Lipinski definition) is 1. The fourth-order valence-electron chi connectivity index (χ4n) is 5.27. The molecule has 26 heavy (non-hydrogen) atoms. The molecule has 0 amide bonds. The predicted molar refractivity (Wildman–Crippen MR) is 99.8 cm³/mol. The molecule has 0 radical (unpaired) electrons. The molecule has 5 rings (SSSR count). The first-order valence-corrected chi connectivity index (χ1v) is 9.52. The maximum Gasteiger partial charge on any atom is 0.169 e. The van der Waals surface area contributed by atoms with Crippen LogP contribution in [0, 0.1) is 5.92 Å². The summed E-state index contributed by atoms with van der Waals surface area (Å²) in [4.78, 5) is 2.37. The van der Waals surface area contributed by atoms with Crippen molar-refractivity contribution >= 4 is 0 Å². The summed E-state index contributed by atoms with van der Waals surface area (Å²) >= 11 is 0. The van der Waals surface area contributed by atoms with E-state index in [1.165, 1.54) is 11.1 Å². The quantitative estimate of drug-likeness (QED) is 0.895. The fourth-order valence-corrected chi connectivity index (χ4v) is 5.27. The molecule has 4 heteroatoms. The van der Waals surface area contributed by atoms with E-state index < -0.39 is 0 Å². The highest BCUT2D eigenvalue weighted by Gasteiger charge is 2.61. The molecule has 1 N–H and O–H groups in total. The first-order valence-electron chi connectivity index (χ1n) is 9.52. The number of nitrogens with zero attached hydrogens (tertiary/aromatic N) is 1. The van der Waals surface area contributed by atoms with Crippen LogP contribution in [0.15, 0.2) is 42.5 Å². The maximum absolute atomic E-state index is 10.6. The van der Waals surface area contributed by atoms with Crippen molar-refractivity contribution in [1.29, 1.82) is 0 Å². The Morgan fingerprint density at radius 1 is 1.19 bits per heavy atom. The lowest BCUT2D eigenvalue weighted by Gasteiger charge is -2.33. The molecule has 0 saturated heterocycles. The average Bonchev–Trinajstić information content (AvgIpc) is 3.02. The van der Waals surface area contributed by atoms with Crippen LogP contribution >= 0.6 is 0 Å². The van der Waals surface area contributed by atoms with Crippen LogP contribution in [0.25, 0.3) is 0 Å². The van der Waals surface area contributed by atoms with Crippen molar-refractivity contribution in [3.63, 3.8) is 0 Å². The molecule has 1 fully saturated rings. The van der Waals surface area contributed by atoms with Crippen molar-refractivity contribution in [3.05, 3.63) is 53.6 Å². The third-order valence-corrected chi connectivity index (χ3v) is 6.67. The maximum atomic E-state index is 10.6. The number of rotatable bonds is 2. The highest BCUT2D eigenvalue weighted by molar-refractivity contribution is 5.60. The van der Waals surface area contributed by atoms with Crippen LogP contribution in [0.5, 0.6) is 17.2 Å². The van der Waals surface area contributed by atoms with E-state index in [4.69, 9.17) is 9.47 Å². The zero-order chi connectivity index (χ0) is 17.9. The summed E-state index contributed by atoms with van der Waals surface area (Å²) in [6.45, 7) is 4.11. The van der Waals surface area contributed by atoms with E-state index in [2.05, 4.69) is 24.9 Å². The summed E-state index contributed by atoms with van der Waals surface area (Å²) < 4.78 is 12.7. The lowest BCUT2D eigenvalue weighted by molar-refractivity contribution is 0.112. The number of para-hydroxylation sites is 1. The third-order valence-electron chi connectivity index (χ3n) is 6.67. The summed E-state index contributed by atoms with van der Waals surface area (Å²) in [5.41, 5.74) is 2.48. The Morgan fingerprint density at radius 3 is 2.81 bits per heavy atom. The van der Waals surface area contributed by atoms with Gasteiger partial charge < -0.3 is 19.5 Å². The topological polar surface area (TPSA) is 41.9 Å². The Bertz CT molecular complexity index is 837. The van der Waals surface area contributed by atoms with Crippen molar-refractivity contribution in [3.8, 4) is 17.2 Å². The van der Waals surface area contributed by atoms with Gasteiger partial charge >= 0.3 is 0 Å². The zero-order valence-corrected chi connectivity index (χ0v) is 15.3. The average molecular weight is 351 g/mol. The molecule has 1 unspecified atom stereocenters. The number of hydrogen-bond acceptors (Lipinski definition) is 4. The van der Waals surface area contributed by atoms with Crippen LogP contribution < -0.4 is 9.47 Å². The minimum Gasteiger partial charge on any atom is -0.485 e. The Kier molecular flexibility index (Phi) is 3.56. The molecule has 0 bridgehead atoms. The first kappa shape index (κ1) is 16.2. The van der Waals surface area contributed by atoms with Gasteiger partial charge in [-0.25, -0.2) is 0 Å². The Hall–Kier alpha value is -2.04. The summed E-state index contributed by atoms with van der Waals surface area (Å²) in [5, 5.41) is 10.6. The van der Waals surface area contributed by atoms with E-state index in [9.17, 15) is 5.11 Å². The highest BCUT2D eigenvalue weighted by Crippen LogP contribution is 2.61. The number of ether oxygens (including phenoxy) is 2. The monoisotopic (exact) mass is 351 g/mol. The summed E-state index contributed by atoms with van der Waals surface area (Å²) in [6, 6.07) is 14.1. The largest absolute Gasteiger partial charge is 0.485 e. The molecule has 4 atom stereocenters. The van der Waals surface area contributed by atoms with Gasteiger partial charge in [-0.3, -0.25) is 0 Å². The van der Waals surface area contributed by atoms with Crippen LogP contribution in [0.4, 0.5) is 0 Å². The van der Waals surface area contributed by atoms with Crippen molar-refractivity contribution in [1.82, 2.24) is 4.90 Å². The van der Waals surface area contributed by atoms with Crippen molar-refractivity contribution in [2.45, 2.75) is 43.9 Å². The molecular formula is C22H25NO3. The Labute approximate surface area is 154 Å². The van der Waals surface area contributed by atoms with Crippen molar-refractivity contribution in [2.75, 3.05) is 13.6 Å². The van der Waals surface area contributed by atoms with Gasteiger partial charge in [-0.1, -0.05) is 31.2 Å². The molecule has 2 aromatic rings. The van der Waals surface area contributed by atoms with Crippen LogP contribution in [0.2, 0.25) is 0 Å². The van der Waals surface area contributed by atoms with Crippen LogP contribution in [0.3, 0.4) is 0 Å². The van der Waals surface area contributed by atoms with Gasteiger partial charge in [0, 0.05) is 23.9 Å². The standard InChI is InChI=1S/C22H25NO3/c1-14-17(24)12-19-22(14)10-11-23(2)13-15-8-9-18(21(26-19)20(15)22)25-16-6-4-3-5-7-16/h3-9,14,17,19,24H,10-13H2,1-2H3/t14?,17-,19+,22-/m1/s1. The molecular weight excluding hydrogens is 326 g/mol. The SMILES string of the molecule is CC1[C@H](O)C[C@@H]2Oc3c(Oc4ccccc4)ccc4c3[C@]12CCN(C)C4. The summed E-state index contributed by atoms with van der Waals surface area (Å²) in [7, 11) is 2.17. The molecule has 136 valence electrons. The molecule has 3 aliphatic rings. The van der Waals surface area contributed by atoms with E-state index in [-0.39, 0.29) is 23.5 Å². The second-order valence-corrected chi connectivity index (χ2v) is 8.07. The first-order chi connectivity index (χ1) is 12.6. The van der Waals surface area contributed by atoms with E-state index in [1.807, 2.05) is 36.4 Å². The van der Waals surface area contributed by atoms with Gasteiger partial charge in [-0.2, -0.15) is 0 Å². The van der Waals surface area contributed by atoms with E-state index >= 15 is 0 Å². The third kappa shape index (κ3) is 2.15. The van der Waals surface area contributed by atoms with E-state index in [0.717, 1.165) is 36.8 Å². The lowest BCUT2D eigenvalue weighted by atomic mass is 9.69. The molecule has 2 aliphatic heterocycles. The normalized spacial score (nSPS) is 32.5. The second-order valence-electron chi connectivity index (χ2n) is 8.07. The fraction of sp³-hybridized carbons (Fsp3) is 0.455. The molecule has 2 heterocycles. The number of aliphatic hydroxyl groups is 1. The minimum absolute atomic E-state index is 0.0354. The smallest absolute Gasteiger partial charge is 0.169 e. The zero-order valence-electron chi connectivity index (χ0n) is 15.3. The van der Waals surface area contributed by atoms with Gasteiger partial charge in [0.1, 0.15) is 11.9 Å². The van der Waals surface area contributed by atoms with E-state index in [0.29, 0.717) is 6.42 Å². The molecule has 2 aromatic carbocycles. The summed E-state index contributed by atoms with van der Waals surface area (Å²) in [5.74, 6) is 2.68. The van der Waals surface area contributed by atoms with Crippen LogP contribution in [-0.4, -0.2) is 35.8 Å². The second kappa shape index (κ2) is 5.73. The molecule has 1 saturated carbocycles. The van der Waals surface area contributed by atoms with Gasteiger partial charge in [0.2, 0.25) is 0 Å². The van der Waals surface area contributed by atoms with Gasteiger partial charge in [-0.15, -0.1) is 0 Å². The predicted octanol–water partition coefficient (Wildman–Crippen LogP) is 3.71. The molecule has 1 aliphatic carbocycles.